The molecule has 4 nitrogen and oxygen atoms in total. The molecule has 2 rings (SSSR count). The van der Waals surface area contributed by atoms with Crippen LogP contribution in [0.4, 0.5) is 0 Å². The van der Waals surface area contributed by atoms with Gasteiger partial charge in [-0.15, -0.1) is 23.2 Å². The maximum absolute atomic E-state index is 12.2. The summed E-state index contributed by atoms with van der Waals surface area (Å²) in [6.45, 7) is 3.98. The minimum absolute atomic E-state index is 0.0665. The summed E-state index contributed by atoms with van der Waals surface area (Å²) >= 11 is 12.0. The molecule has 0 aliphatic heterocycles. The average molecular weight is 277 g/mol. The number of carbonyl (C=O) groups excluding carboxylic acids is 1. The Morgan fingerprint density at radius 2 is 2.24 bits per heavy atom. The Kier molecular flexibility index (Phi) is 2.91. The fourth-order valence-corrected chi connectivity index (χ4v) is 2.56. The summed E-state index contributed by atoms with van der Waals surface area (Å²) in [7, 11) is 1.71. The van der Waals surface area contributed by atoms with Gasteiger partial charge in [0.1, 0.15) is 15.8 Å². The first-order valence-electron chi connectivity index (χ1n) is 5.32. The molecule has 1 fully saturated rings. The van der Waals surface area contributed by atoms with E-state index in [-0.39, 0.29) is 5.91 Å². The number of amides is 1. The Hall–Kier alpha value is -0.740. The third kappa shape index (κ3) is 2.16. The van der Waals surface area contributed by atoms with Crippen molar-refractivity contribution in [1.29, 1.82) is 0 Å². The van der Waals surface area contributed by atoms with Crippen molar-refractivity contribution >= 4 is 29.1 Å². The zero-order chi connectivity index (χ0) is 12.8. The second-order valence-electron chi connectivity index (χ2n) is 4.80. The van der Waals surface area contributed by atoms with E-state index < -0.39 is 9.75 Å². The van der Waals surface area contributed by atoms with Crippen LogP contribution in [0.5, 0.6) is 0 Å². The van der Waals surface area contributed by atoms with Crippen LogP contribution in [0.1, 0.15) is 24.8 Å². The molecule has 0 spiro atoms. The first-order valence-corrected chi connectivity index (χ1v) is 6.07. The highest BCUT2D eigenvalue weighted by Crippen LogP contribution is 2.64. The minimum atomic E-state index is -0.932. The van der Waals surface area contributed by atoms with E-state index in [1.807, 2.05) is 6.92 Å². The minimum Gasteiger partial charge on any atom is -0.361 e. The van der Waals surface area contributed by atoms with Gasteiger partial charge in [-0.25, -0.2) is 0 Å². The van der Waals surface area contributed by atoms with Crippen LogP contribution in [0.25, 0.3) is 0 Å². The molecule has 0 N–H and O–H groups in total. The van der Waals surface area contributed by atoms with Crippen LogP contribution >= 0.6 is 23.2 Å². The first kappa shape index (κ1) is 12.7. The van der Waals surface area contributed by atoms with Gasteiger partial charge in [0.15, 0.2) is 0 Å². The fourth-order valence-electron chi connectivity index (χ4n) is 1.86. The van der Waals surface area contributed by atoms with Crippen molar-refractivity contribution in [1.82, 2.24) is 10.1 Å². The Labute approximate surface area is 110 Å². The average Bonchev–Trinajstić information content (AvgIpc) is 2.58. The highest BCUT2D eigenvalue weighted by Gasteiger charge is 2.68. The van der Waals surface area contributed by atoms with Gasteiger partial charge in [-0.3, -0.25) is 4.79 Å². The van der Waals surface area contributed by atoms with Crippen LogP contribution in [0.3, 0.4) is 0 Å². The van der Waals surface area contributed by atoms with Gasteiger partial charge < -0.3 is 9.42 Å². The molecule has 1 aliphatic carbocycles. The molecule has 0 saturated heterocycles. The van der Waals surface area contributed by atoms with Crippen LogP contribution in [0.15, 0.2) is 10.6 Å². The zero-order valence-electron chi connectivity index (χ0n) is 9.96. The first-order chi connectivity index (χ1) is 7.76. The van der Waals surface area contributed by atoms with Crippen LogP contribution in [0.2, 0.25) is 0 Å². The Balaban J connectivity index is 2.02. The summed E-state index contributed by atoms with van der Waals surface area (Å²) in [5.41, 5.74) is 0.0428. The Morgan fingerprint density at radius 1 is 1.65 bits per heavy atom. The molecule has 0 aromatic carbocycles. The number of alkyl halides is 2. The van der Waals surface area contributed by atoms with Crippen molar-refractivity contribution in [3.05, 3.63) is 17.5 Å². The predicted molar refractivity (Wildman–Crippen MR) is 64.9 cm³/mol. The van der Waals surface area contributed by atoms with Gasteiger partial charge >= 0.3 is 0 Å². The van der Waals surface area contributed by atoms with Crippen LogP contribution < -0.4 is 0 Å². The lowest BCUT2D eigenvalue weighted by atomic mass is 10.1. The molecule has 17 heavy (non-hydrogen) atoms. The lowest BCUT2D eigenvalue weighted by Gasteiger charge is -2.21. The quantitative estimate of drug-likeness (QED) is 0.797. The third-order valence-electron chi connectivity index (χ3n) is 3.15. The largest absolute Gasteiger partial charge is 0.361 e. The van der Waals surface area contributed by atoms with Crippen LogP contribution in [-0.2, 0) is 11.3 Å². The highest BCUT2D eigenvalue weighted by molar-refractivity contribution is 6.53. The van der Waals surface area contributed by atoms with Gasteiger partial charge in [0, 0.05) is 13.1 Å². The maximum atomic E-state index is 12.2. The molecule has 6 heteroatoms. The second kappa shape index (κ2) is 3.89. The number of hydrogen-bond donors (Lipinski definition) is 0. The molecule has 0 radical (unpaired) electrons. The molecule has 1 saturated carbocycles. The molecular weight excluding hydrogens is 263 g/mol. The Bertz CT molecular complexity index is 458. The van der Waals surface area contributed by atoms with Crippen LogP contribution in [0, 0.1) is 12.3 Å². The van der Waals surface area contributed by atoms with Crippen LogP contribution in [-0.4, -0.2) is 27.3 Å². The molecule has 1 atom stereocenters. The smallest absolute Gasteiger partial charge is 0.231 e. The van der Waals surface area contributed by atoms with Crippen molar-refractivity contribution in [2.45, 2.75) is 31.1 Å². The number of halogens is 2. The van der Waals surface area contributed by atoms with Gasteiger partial charge in [-0.05, 0) is 20.3 Å². The monoisotopic (exact) mass is 276 g/mol. The van der Waals surface area contributed by atoms with E-state index in [0.29, 0.717) is 13.0 Å². The topological polar surface area (TPSA) is 46.3 Å². The van der Waals surface area contributed by atoms with Gasteiger partial charge in [-0.2, -0.15) is 0 Å². The van der Waals surface area contributed by atoms with Crippen molar-refractivity contribution in [2.75, 3.05) is 7.05 Å². The van der Waals surface area contributed by atoms with Gasteiger partial charge in [0.05, 0.1) is 12.0 Å². The molecular formula is C11H14Cl2N2O2. The summed E-state index contributed by atoms with van der Waals surface area (Å²) < 4.78 is 4.01. The summed E-state index contributed by atoms with van der Waals surface area (Å²) in [4.78, 5) is 13.7. The van der Waals surface area contributed by atoms with Crippen molar-refractivity contribution < 1.29 is 9.32 Å². The standard InChI is InChI=1S/C11H14Cl2N2O2/c1-7-4-8(14-17-7)5-15(3)9(16)10(2)6-11(10,12)13/h4H,5-6H2,1-3H3/t10-/m1/s1. The molecule has 0 bridgehead atoms. The molecule has 1 heterocycles. The summed E-state index contributed by atoms with van der Waals surface area (Å²) in [6.07, 6.45) is 0.490. The van der Waals surface area contributed by atoms with E-state index >= 15 is 0 Å². The summed E-state index contributed by atoms with van der Waals surface area (Å²) in [6, 6.07) is 1.80. The van der Waals surface area contributed by atoms with E-state index in [1.54, 1.807) is 24.9 Å². The normalized spacial score (nSPS) is 25.7. The van der Waals surface area contributed by atoms with E-state index in [9.17, 15) is 4.79 Å². The fraction of sp³-hybridized carbons (Fsp3) is 0.636. The van der Waals surface area contributed by atoms with Crippen molar-refractivity contribution in [2.24, 2.45) is 5.41 Å². The zero-order valence-corrected chi connectivity index (χ0v) is 11.5. The van der Waals surface area contributed by atoms with Crippen molar-refractivity contribution in [3.8, 4) is 0 Å². The molecule has 94 valence electrons. The maximum Gasteiger partial charge on any atom is 0.231 e. The molecule has 1 aromatic heterocycles. The highest BCUT2D eigenvalue weighted by atomic mass is 35.5. The molecule has 1 aromatic rings. The van der Waals surface area contributed by atoms with E-state index in [4.69, 9.17) is 27.7 Å². The number of aromatic nitrogens is 1. The Morgan fingerprint density at radius 3 is 2.65 bits per heavy atom. The third-order valence-corrected chi connectivity index (χ3v) is 4.25. The molecule has 0 unspecified atom stereocenters. The second-order valence-corrected chi connectivity index (χ2v) is 6.29. The number of hydrogen-bond acceptors (Lipinski definition) is 3. The number of aryl methyl sites for hydroxylation is 1. The van der Waals surface area contributed by atoms with E-state index in [1.165, 1.54) is 0 Å². The molecule has 1 aliphatic rings. The van der Waals surface area contributed by atoms with Gasteiger partial charge in [0.2, 0.25) is 5.91 Å². The van der Waals surface area contributed by atoms with Crippen molar-refractivity contribution in [3.63, 3.8) is 0 Å². The van der Waals surface area contributed by atoms with E-state index in [2.05, 4.69) is 5.16 Å². The van der Waals surface area contributed by atoms with Gasteiger partial charge in [-0.1, -0.05) is 5.16 Å². The summed E-state index contributed by atoms with van der Waals surface area (Å²) in [5, 5.41) is 3.84. The number of nitrogens with zero attached hydrogens (tertiary/aromatic N) is 2. The SMILES string of the molecule is Cc1cc(CN(C)C(=O)[C@@]2(C)CC2(Cl)Cl)no1. The van der Waals surface area contributed by atoms with Gasteiger partial charge in [0.25, 0.3) is 0 Å². The number of rotatable bonds is 3. The van der Waals surface area contributed by atoms with E-state index in [0.717, 1.165) is 11.5 Å². The lowest BCUT2D eigenvalue weighted by Crippen LogP contribution is -2.34. The predicted octanol–water partition coefficient (Wildman–Crippen LogP) is 2.53. The molecule has 1 amide bonds. The summed E-state index contributed by atoms with van der Waals surface area (Å²) in [5.74, 6) is 0.658. The number of carbonyl (C=O) groups is 1. The lowest BCUT2D eigenvalue weighted by molar-refractivity contribution is -0.135.